The second-order valence-corrected chi connectivity index (χ2v) is 4.71. The van der Waals surface area contributed by atoms with Crippen molar-refractivity contribution in [1.82, 2.24) is 19.8 Å². The Morgan fingerprint density at radius 2 is 2.26 bits per heavy atom. The fraction of sp³-hybridized carbons (Fsp3) is 0.692. The van der Waals surface area contributed by atoms with Crippen LogP contribution in [0.1, 0.15) is 19.5 Å². The molecule has 6 heteroatoms. The maximum absolute atomic E-state index is 12.2. The summed E-state index contributed by atoms with van der Waals surface area (Å²) in [5, 5.41) is 3.26. The molecular formula is C13H22N4O2. The van der Waals surface area contributed by atoms with Crippen LogP contribution in [0.4, 0.5) is 0 Å². The highest BCUT2D eigenvalue weighted by Crippen LogP contribution is 2.03. The molecule has 0 radical (unpaired) electrons. The molecule has 6 nitrogen and oxygen atoms in total. The minimum atomic E-state index is -0.182. The minimum absolute atomic E-state index is 0.144. The monoisotopic (exact) mass is 266 g/mol. The highest BCUT2D eigenvalue weighted by atomic mass is 16.5. The van der Waals surface area contributed by atoms with Crippen molar-refractivity contribution >= 4 is 5.91 Å². The molecule has 1 aliphatic rings. The van der Waals surface area contributed by atoms with Crippen LogP contribution in [0.15, 0.2) is 12.5 Å². The van der Waals surface area contributed by atoms with Gasteiger partial charge in [0.1, 0.15) is 0 Å². The Labute approximate surface area is 113 Å². The maximum Gasteiger partial charge on any atom is 0.239 e. The van der Waals surface area contributed by atoms with Crippen LogP contribution in [0.5, 0.6) is 0 Å². The fourth-order valence-corrected chi connectivity index (χ4v) is 2.18. The highest BCUT2D eigenvalue weighted by Gasteiger charge is 2.22. The molecule has 1 aromatic rings. The van der Waals surface area contributed by atoms with Crippen molar-refractivity contribution in [2.75, 3.05) is 26.3 Å². The van der Waals surface area contributed by atoms with Crippen LogP contribution in [-0.4, -0.2) is 52.7 Å². The van der Waals surface area contributed by atoms with Crippen LogP contribution in [-0.2, 0) is 22.6 Å². The topological polar surface area (TPSA) is 59.4 Å². The molecule has 0 saturated carbocycles. The summed E-state index contributed by atoms with van der Waals surface area (Å²) >= 11 is 0. The number of hydrogen-bond donors (Lipinski definition) is 1. The van der Waals surface area contributed by atoms with Gasteiger partial charge >= 0.3 is 0 Å². The lowest BCUT2D eigenvalue weighted by Crippen LogP contribution is -2.49. The third-order valence-electron chi connectivity index (χ3n) is 3.42. The molecule has 19 heavy (non-hydrogen) atoms. The summed E-state index contributed by atoms with van der Waals surface area (Å²) in [5.74, 6) is 0.144. The van der Waals surface area contributed by atoms with Crippen molar-refractivity contribution in [1.29, 1.82) is 0 Å². The lowest BCUT2D eigenvalue weighted by Gasteiger charge is -2.29. The highest BCUT2D eigenvalue weighted by molar-refractivity contribution is 5.81. The summed E-state index contributed by atoms with van der Waals surface area (Å²) in [6.07, 6.45) is 3.65. The number of aryl methyl sites for hydroxylation is 1. The maximum atomic E-state index is 12.2. The number of carbonyl (C=O) groups is 1. The van der Waals surface area contributed by atoms with E-state index >= 15 is 0 Å². The first-order valence-corrected chi connectivity index (χ1v) is 6.81. The van der Waals surface area contributed by atoms with Crippen LogP contribution in [0.2, 0.25) is 0 Å². The summed E-state index contributed by atoms with van der Waals surface area (Å²) in [7, 11) is 0. The van der Waals surface area contributed by atoms with Gasteiger partial charge in [0.2, 0.25) is 5.91 Å². The number of carbonyl (C=O) groups excluding carboxylic acids is 1. The quantitative estimate of drug-likeness (QED) is 0.829. The third kappa shape index (κ3) is 3.54. The summed E-state index contributed by atoms with van der Waals surface area (Å²) < 4.78 is 7.32. The van der Waals surface area contributed by atoms with E-state index in [-0.39, 0.29) is 11.9 Å². The van der Waals surface area contributed by atoms with Gasteiger partial charge in [-0.2, -0.15) is 0 Å². The van der Waals surface area contributed by atoms with Gasteiger partial charge in [-0.05, 0) is 13.8 Å². The number of nitrogens with one attached hydrogen (secondary N) is 1. The van der Waals surface area contributed by atoms with Gasteiger partial charge in [0.15, 0.2) is 0 Å². The zero-order valence-electron chi connectivity index (χ0n) is 11.6. The largest absolute Gasteiger partial charge is 0.378 e. The van der Waals surface area contributed by atoms with Gasteiger partial charge in [0, 0.05) is 32.4 Å². The van der Waals surface area contributed by atoms with Gasteiger partial charge < -0.3 is 19.5 Å². The molecule has 0 bridgehead atoms. The molecule has 1 aromatic heterocycles. The van der Waals surface area contributed by atoms with E-state index in [1.807, 2.05) is 24.3 Å². The van der Waals surface area contributed by atoms with Gasteiger partial charge in [-0.1, -0.05) is 0 Å². The number of amides is 1. The lowest BCUT2D eigenvalue weighted by molar-refractivity contribution is -0.137. The number of morpholine rings is 1. The normalized spacial score (nSPS) is 17.5. The summed E-state index contributed by atoms with van der Waals surface area (Å²) in [4.78, 5) is 18.2. The number of imidazole rings is 1. The molecular weight excluding hydrogens is 244 g/mol. The Bertz CT molecular complexity index is 413. The van der Waals surface area contributed by atoms with E-state index < -0.39 is 0 Å². The van der Waals surface area contributed by atoms with Crippen LogP contribution in [0.25, 0.3) is 0 Å². The number of nitrogens with zero attached hydrogens (tertiary/aromatic N) is 3. The Morgan fingerprint density at radius 3 is 2.95 bits per heavy atom. The summed E-state index contributed by atoms with van der Waals surface area (Å²) in [6.45, 7) is 8.20. The lowest BCUT2D eigenvalue weighted by atomic mass is 10.2. The van der Waals surface area contributed by atoms with Gasteiger partial charge in [-0.3, -0.25) is 4.79 Å². The first-order chi connectivity index (χ1) is 9.22. The number of rotatable bonds is 5. The second kappa shape index (κ2) is 6.68. The zero-order valence-corrected chi connectivity index (χ0v) is 11.6. The summed E-state index contributed by atoms with van der Waals surface area (Å²) in [6, 6.07) is -0.182. The van der Waals surface area contributed by atoms with E-state index in [9.17, 15) is 4.79 Å². The molecule has 1 saturated heterocycles. The van der Waals surface area contributed by atoms with Crippen molar-refractivity contribution in [2.45, 2.75) is 33.0 Å². The average Bonchev–Trinajstić information content (AvgIpc) is 2.92. The van der Waals surface area contributed by atoms with E-state index in [0.29, 0.717) is 32.8 Å². The van der Waals surface area contributed by atoms with Crippen LogP contribution < -0.4 is 5.32 Å². The minimum Gasteiger partial charge on any atom is -0.378 e. The van der Waals surface area contributed by atoms with Gasteiger partial charge in [0.05, 0.1) is 31.3 Å². The molecule has 106 valence electrons. The first-order valence-electron chi connectivity index (χ1n) is 6.81. The Balaban J connectivity index is 1.83. The Hall–Kier alpha value is -1.40. The van der Waals surface area contributed by atoms with Crippen LogP contribution in [0.3, 0.4) is 0 Å². The van der Waals surface area contributed by atoms with Crippen molar-refractivity contribution in [2.24, 2.45) is 0 Å². The van der Waals surface area contributed by atoms with E-state index in [1.54, 1.807) is 0 Å². The first kappa shape index (κ1) is 14.0. The smallest absolute Gasteiger partial charge is 0.239 e. The van der Waals surface area contributed by atoms with Gasteiger partial charge in [-0.15, -0.1) is 0 Å². The third-order valence-corrected chi connectivity index (χ3v) is 3.42. The molecule has 2 heterocycles. The molecule has 2 rings (SSSR count). The van der Waals surface area contributed by atoms with E-state index in [4.69, 9.17) is 4.74 Å². The van der Waals surface area contributed by atoms with Crippen molar-refractivity contribution in [3.63, 3.8) is 0 Å². The van der Waals surface area contributed by atoms with E-state index in [0.717, 1.165) is 12.2 Å². The van der Waals surface area contributed by atoms with Crippen molar-refractivity contribution < 1.29 is 9.53 Å². The zero-order chi connectivity index (χ0) is 13.7. The van der Waals surface area contributed by atoms with Crippen LogP contribution in [0, 0.1) is 0 Å². The van der Waals surface area contributed by atoms with E-state index in [2.05, 4.69) is 21.8 Å². The molecule has 1 atom stereocenters. The van der Waals surface area contributed by atoms with E-state index in [1.165, 1.54) is 0 Å². The average molecular weight is 266 g/mol. The molecule has 1 amide bonds. The standard InChI is InChI=1S/C13H22N4O2/c1-3-16-10-14-8-12(16)9-15-11(2)13(18)17-4-6-19-7-5-17/h8,10-11,15H,3-7,9H2,1-2H3. The van der Waals surface area contributed by atoms with Gasteiger partial charge in [-0.25, -0.2) is 4.98 Å². The molecule has 1 N–H and O–H groups in total. The van der Waals surface area contributed by atoms with Crippen LogP contribution >= 0.6 is 0 Å². The molecule has 0 aliphatic carbocycles. The number of hydrogen-bond acceptors (Lipinski definition) is 4. The van der Waals surface area contributed by atoms with Crippen molar-refractivity contribution in [3.8, 4) is 0 Å². The molecule has 1 unspecified atom stereocenters. The number of ether oxygens (including phenoxy) is 1. The Kier molecular flexibility index (Phi) is 4.93. The predicted octanol–water partition coefficient (Wildman–Crippen LogP) is 0.240. The predicted molar refractivity (Wildman–Crippen MR) is 71.6 cm³/mol. The molecule has 1 aliphatic heterocycles. The summed E-state index contributed by atoms with van der Waals surface area (Å²) in [5.41, 5.74) is 1.10. The molecule has 0 aromatic carbocycles. The fourth-order valence-electron chi connectivity index (χ4n) is 2.18. The number of aromatic nitrogens is 2. The van der Waals surface area contributed by atoms with Crippen molar-refractivity contribution in [3.05, 3.63) is 18.2 Å². The SMILES string of the molecule is CCn1cncc1CNC(C)C(=O)N1CCOCC1. The molecule has 0 spiro atoms. The Morgan fingerprint density at radius 1 is 1.53 bits per heavy atom. The van der Waals surface area contributed by atoms with Gasteiger partial charge in [0.25, 0.3) is 0 Å². The second-order valence-electron chi connectivity index (χ2n) is 4.71. The molecule has 1 fully saturated rings.